The highest BCUT2D eigenvalue weighted by Gasteiger charge is 2.31. The van der Waals surface area contributed by atoms with Crippen molar-refractivity contribution in [3.8, 4) is 0 Å². The zero-order chi connectivity index (χ0) is 22.3. The molecule has 31 heavy (non-hydrogen) atoms. The molecule has 0 spiro atoms. The van der Waals surface area contributed by atoms with Crippen molar-refractivity contribution in [3.63, 3.8) is 0 Å². The quantitative estimate of drug-likeness (QED) is 0.791. The van der Waals surface area contributed by atoms with Gasteiger partial charge in [0, 0.05) is 37.7 Å². The normalized spacial score (nSPS) is 20.5. The molecule has 0 aliphatic carbocycles. The van der Waals surface area contributed by atoms with Crippen LogP contribution in [0.3, 0.4) is 0 Å². The highest BCUT2D eigenvalue weighted by Crippen LogP contribution is 2.29. The molecule has 4 rings (SSSR count). The Labute approximate surface area is 181 Å². The van der Waals surface area contributed by atoms with Gasteiger partial charge in [-0.15, -0.1) is 0 Å². The Kier molecular flexibility index (Phi) is 5.53. The van der Waals surface area contributed by atoms with E-state index in [4.69, 9.17) is 4.74 Å². The third-order valence-electron chi connectivity index (χ3n) is 6.14. The maximum atomic E-state index is 13.1. The standard InChI is InChI=1S/C22H31N5O4/c1-14-6-5-9-26(14)20(29)16-13-23-27-17(12-18(28)24-19(16)27)15-7-10-25(11-8-15)21(30)31-22(2,3)4/h12-15H,5-11H2,1-4H3,(H,24,28)/t14-/m1/s1. The number of ether oxygens (including phenoxy) is 1. The van der Waals surface area contributed by atoms with E-state index >= 15 is 0 Å². The minimum atomic E-state index is -0.530. The molecule has 2 aliphatic rings. The molecule has 1 N–H and O–H groups in total. The molecule has 0 aromatic carbocycles. The zero-order valence-electron chi connectivity index (χ0n) is 18.7. The molecule has 0 bridgehead atoms. The van der Waals surface area contributed by atoms with Crippen molar-refractivity contribution >= 4 is 17.6 Å². The van der Waals surface area contributed by atoms with Gasteiger partial charge < -0.3 is 19.5 Å². The topological polar surface area (TPSA) is 100 Å². The highest BCUT2D eigenvalue weighted by molar-refractivity contribution is 6.00. The molecule has 2 aliphatic heterocycles. The molecular formula is C22H31N5O4. The number of hydrogen-bond donors (Lipinski definition) is 1. The summed E-state index contributed by atoms with van der Waals surface area (Å²) in [6.45, 7) is 9.42. The van der Waals surface area contributed by atoms with E-state index in [-0.39, 0.29) is 29.5 Å². The molecule has 9 heteroatoms. The van der Waals surface area contributed by atoms with Crippen LogP contribution in [0.25, 0.3) is 5.65 Å². The van der Waals surface area contributed by atoms with Crippen LogP contribution in [-0.2, 0) is 4.74 Å². The van der Waals surface area contributed by atoms with E-state index in [0.29, 0.717) is 37.1 Å². The third-order valence-corrected chi connectivity index (χ3v) is 6.14. The Morgan fingerprint density at radius 1 is 1.16 bits per heavy atom. The number of piperidine rings is 1. The summed E-state index contributed by atoms with van der Waals surface area (Å²) in [5, 5.41) is 4.45. The first-order chi connectivity index (χ1) is 14.6. The van der Waals surface area contributed by atoms with Gasteiger partial charge in [0.15, 0.2) is 0 Å². The summed E-state index contributed by atoms with van der Waals surface area (Å²) in [6.07, 6.45) is 4.62. The van der Waals surface area contributed by atoms with E-state index in [0.717, 1.165) is 25.1 Å². The van der Waals surface area contributed by atoms with Crippen molar-refractivity contribution in [1.29, 1.82) is 0 Å². The number of carbonyl (C=O) groups excluding carboxylic acids is 2. The number of rotatable bonds is 2. The van der Waals surface area contributed by atoms with Crippen molar-refractivity contribution in [1.82, 2.24) is 24.4 Å². The number of fused-ring (bicyclic) bond motifs is 1. The van der Waals surface area contributed by atoms with Gasteiger partial charge in [-0.05, 0) is 53.4 Å². The SMILES string of the molecule is C[C@@H]1CCCN1C(=O)c1cnn2c(C3CCN(C(=O)OC(C)(C)C)CC3)cc(=O)[nH]c12. The fourth-order valence-electron chi connectivity index (χ4n) is 4.53. The molecule has 0 saturated carbocycles. The fourth-order valence-corrected chi connectivity index (χ4v) is 4.53. The fraction of sp³-hybridized carbons (Fsp3) is 0.636. The van der Waals surface area contributed by atoms with Crippen molar-refractivity contribution in [2.45, 2.75) is 70.9 Å². The van der Waals surface area contributed by atoms with E-state index in [2.05, 4.69) is 10.1 Å². The summed E-state index contributed by atoms with van der Waals surface area (Å²) in [5.74, 6) is -0.0235. The molecule has 0 unspecified atom stereocenters. The number of nitrogens with one attached hydrogen (secondary N) is 1. The largest absolute Gasteiger partial charge is 0.444 e. The van der Waals surface area contributed by atoms with Crippen LogP contribution in [0.5, 0.6) is 0 Å². The lowest BCUT2D eigenvalue weighted by molar-refractivity contribution is 0.0203. The maximum Gasteiger partial charge on any atom is 0.410 e. The Morgan fingerprint density at radius 2 is 1.87 bits per heavy atom. The number of aromatic nitrogens is 3. The second-order valence-corrected chi connectivity index (χ2v) is 9.61. The van der Waals surface area contributed by atoms with E-state index in [1.807, 2.05) is 32.6 Å². The lowest BCUT2D eigenvalue weighted by atomic mass is 9.93. The van der Waals surface area contributed by atoms with Crippen molar-refractivity contribution in [3.05, 3.63) is 33.9 Å². The van der Waals surface area contributed by atoms with Crippen molar-refractivity contribution in [2.24, 2.45) is 0 Å². The van der Waals surface area contributed by atoms with Gasteiger partial charge in [0.1, 0.15) is 16.8 Å². The molecule has 1 atom stereocenters. The summed E-state index contributed by atoms with van der Waals surface area (Å²) >= 11 is 0. The monoisotopic (exact) mass is 429 g/mol. The van der Waals surface area contributed by atoms with Crippen LogP contribution in [0.15, 0.2) is 17.1 Å². The first-order valence-electron chi connectivity index (χ1n) is 11.0. The Hall–Kier alpha value is -2.84. The Balaban J connectivity index is 1.56. The second kappa shape index (κ2) is 8.01. The van der Waals surface area contributed by atoms with Gasteiger partial charge >= 0.3 is 6.09 Å². The Morgan fingerprint density at radius 3 is 2.48 bits per heavy atom. The third kappa shape index (κ3) is 4.31. The van der Waals surface area contributed by atoms with Crippen LogP contribution >= 0.6 is 0 Å². The minimum Gasteiger partial charge on any atom is -0.444 e. The van der Waals surface area contributed by atoms with E-state index in [1.54, 1.807) is 21.7 Å². The van der Waals surface area contributed by atoms with E-state index in [9.17, 15) is 14.4 Å². The molecule has 2 aromatic rings. The number of aromatic amines is 1. The first kappa shape index (κ1) is 21.4. The summed E-state index contributed by atoms with van der Waals surface area (Å²) in [7, 11) is 0. The van der Waals surface area contributed by atoms with Crippen LogP contribution in [-0.4, -0.2) is 67.7 Å². The van der Waals surface area contributed by atoms with Gasteiger partial charge in [0.25, 0.3) is 11.5 Å². The first-order valence-corrected chi connectivity index (χ1v) is 11.0. The van der Waals surface area contributed by atoms with Crippen LogP contribution in [0.2, 0.25) is 0 Å². The van der Waals surface area contributed by atoms with E-state index < -0.39 is 5.60 Å². The van der Waals surface area contributed by atoms with Crippen LogP contribution in [0, 0.1) is 0 Å². The number of hydrogen-bond acceptors (Lipinski definition) is 5. The van der Waals surface area contributed by atoms with Gasteiger partial charge in [0.05, 0.1) is 11.9 Å². The molecule has 168 valence electrons. The second-order valence-electron chi connectivity index (χ2n) is 9.61. The average Bonchev–Trinajstić information content (AvgIpc) is 3.32. The molecule has 2 fully saturated rings. The highest BCUT2D eigenvalue weighted by atomic mass is 16.6. The van der Waals surface area contributed by atoms with Crippen molar-refractivity contribution in [2.75, 3.05) is 19.6 Å². The maximum absolute atomic E-state index is 13.1. The van der Waals surface area contributed by atoms with Crippen LogP contribution < -0.4 is 5.56 Å². The van der Waals surface area contributed by atoms with Crippen LogP contribution in [0.4, 0.5) is 4.79 Å². The summed E-state index contributed by atoms with van der Waals surface area (Å²) in [6, 6.07) is 1.75. The number of carbonyl (C=O) groups is 2. The molecule has 2 saturated heterocycles. The van der Waals surface area contributed by atoms with Gasteiger partial charge in [-0.2, -0.15) is 5.10 Å². The molecule has 9 nitrogen and oxygen atoms in total. The van der Waals surface area contributed by atoms with Crippen LogP contribution in [0.1, 0.15) is 75.3 Å². The van der Waals surface area contributed by atoms with E-state index in [1.165, 1.54) is 0 Å². The number of amides is 2. The summed E-state index contributed by atoms with van der Waals surface area (Å²) < 4.78 is 7.15. The summed E-state index contributed by atoms with van der Waals surface area (Å²) in [4.78, 5) is 44.2. The lowest BCUT2D eigenvalue weighted by Gasteiger charge is -2.33. The number of likely N-dealkylation sites (tertiary alicyclic amines) is 2. The minimum absolute atomic E-state index is 0.0667. The van der Waals surface area contributed by atoms with Gasteiger partial charge in [-0.1, -0.05) is 0 Å². The smallest absolute Gasteiger partial charge is 0.410 e. The molecule has 4 heterocycles. The predicted molar refractivity (Wildman–Crippen MR) is 115 cm³/mol. The van der Waals surface area contributed by atoms with Crippen molar-refractivity contribution < 1.29 is 14.3 Å². The summed E-state index contributed by atoms with van der Waals surface area (Å²) in [5.41, 5.74) is 0.870. The van der Waals surface area contributed by atoms with Gasteiger partial charge in [-0.3, -0.25) is 9.59 Å². The number of nitrogens with zero attached hydrogens (tertiary/aromatic N) is 4. The molecule has 2 amide bonds. The van der Waals surface area contributed by atoms with Gasteiger partial charge in [-0.25, -0.2) is 9.31 Å². The molecule has 0 radical (unpaired) electrons. The molecule has 2 aromatic heterocycles. The average molecular weight is 430 g/mol. The predicted octanol–water partition coefficient (Wildman–Crippen LogP) is 2.76. The number of H-pyrrole nitrogens is 1. The zero-order valence-corrected chi connectivity index (χ0v) is 18.7. The lowest BCUT2D eigenvalue weighted by Crippen LogP contribution is -2.41. The molecular weight excluding hydrogens is 398 g/mol. The Bertz CT molecular complexity index is 1040. The van der Waals surface area contributed by atoms with Gasteiger partial charge in [0.2, 0.25) is 0 Å².